The van der Waals surface area contributed by atoms with Crippen LogP contribution in [0, 0.1) is 5.41 Å². The highest BCUT2D eigenvalue weighted by Gasteiger charge is 2.55. The minimum Gasteiger partial charge on any atom is -0.489 e. The summed E-state index contributed by atoms with van der Waals surface area (Å²) in [5.74, 6) is 0.700. The topological polar surface area (TPSA) is 56.6 Å². The molecule has 2 fully saturated rings. The highest BCUT2D eigenvalue weighted by molar-refractivity contribution is 6.36. The van der Waals surface area contributed by atoms with Crippen LogP contribution in [0.3, 0.4) is 0 Å². The first kappa shape index (κ1) is 17.5. The van der Waals surface area contributed by atoms with Crippen molar-refractivity contribution in [2.45, 2.75) is 45.3 Å². The van der Waals surface area contributed by atoms with Gasteiger partial charge in [0.1, 0.15) is 22.5 Å². The lowest BCUT2D eigenvalue weighted by Gasteiger charge is -2.58. The Morgan fingerprint density at radius 3 is 2.65 bits per heavy atom. The molecule has 1 aromatic carbocycles. The summed E-state index contributed by atoms with van der Waals surface area (Å²) in [6.45, 7) is 7.15. The zero-order valence-corrected chi connectivity index (χ0v) is 16.3. The molecule has 1 spiro atoms. The SMILES string of the molecule is Cn1ncc2ccc(OC3CC4(C3)CN(C(=O)OC(C)(C)C)C4)c(Cl)c21. The molecule has 2 heterocycles. The minimum atomic E-state index is -0.452. The van der Waals surface area contributed by atoms with Crippen LogP contribution in [0.15, 0.2) is 18.3 Å². The number of ether oxygens (including phenoxy) is 2. The fourth-order valence-corrected chi connectivity index (χ4v) is 4.28. The molecule has 0 unspecified atom stereocenters. The van der Waals surface area contributed by atoms with Crippen molar-refractivity contribution in [3.8, 4) is 5.75 Å². The molecular weight excluding hydrogens is 354 g/mol. The number of likely N-dealkylation sites (tertiary alicyclic amines) is 1. The Morgan fingerprint density at radius 1 is 1.31 bits per heavy atom. The monoisotopic (exact) mass is 377 g/mol. The summed E-state index contributed by atoms with van der Waals surface area (Å²) in [4.78, 5) is 13.8. The highest BCUT2D eigenvalue weighted by atomic mass is 35.5. The summed E-state index contributed by atoms with van der Waals surface area (Å²) >= 11 is 6.50. The molecule has 0 radical (unpaired) electrons. The average Bonchev–Trinajstić information content (AvgIpc) is 2.82. The molecule has 4 rings (SSSR count). The lowest BCUT2D eigenvalue weighted by Crippen LogP contribution is -2.66. The van der Waals surface area contributed by atoms with Gasteiger partial charge in [0.15, 0.2) is 0 Å². The number of aromatic nitrogens is 2. The molecule has 1 amide bonds. The second-order valence-corrected chi connectivity index (χ2v) is 8.95. The van der Waals surface area contributed by atoms with Crippen LogP contribution in [0.25, 0.3) is 10.9 Å². The number of carbonyl (C=O) groups is 1. The normalized spacial score (nSPS) is 19.3. The molecule has 140 valence electrons. The molecule has 2 aromatic rings. The number of carbonyl (C=O) groups excluding carboxylic acids is 1. The van der Waals surface area contributed by atoms with Crippen LogP contribution in [0.4, 0.5) is 4.79 Å². The summed E-state index contributed by atoms with van der Waals surface area (Å²) in [6.07, 6.45) is 3.58. The highest BCUT2D eigenvalue weighted by Crippen LogP contribution is 2.50. The van der Waals surface area contributed by atoms with Gasteiger partial charge < -0.3 is 14.4 Å². The van der Waals surface area contributed by atoms with Crippen LogP contribution in [-0.2, 0) is 11.8 Å². The molecule has 2 aliphatic rings. The van der Waals surface area contributed by atoms with Crippen molar-refractivity contribution in [3.63, 3.8) is 0 Å². The van der Waals surface area contributed by atoms with Gasteiger partial charge in [-0.1, -0.05) is 11.6 Å². The van der Waals surface area contributed by atoms with Crippen LogP contribution in [0.2, 0.25) is 5.02 Å². The third-order valence-electron chi connectivity index (χ3n) is 5.12. The largest absolute Gasteiger partial charge is 0.489 e. The maximum Gasteiger partial charge on any atom is 0.410 e. The number of hydrogen-bond acceptors (Lipinski definition) is 4. The number of hydrogen-bond donors (Lipinski definition) is 0. The van der Waals surface area contributed by atoms with E-state index in [1.54, 1.807) is 15.8 Å². The predicted molar refractivity (Wildman–Crippen MR) is 99.6 cm³/mol. The van der Waals surface area contributed by atoms with Crippen LogP contribution in [0.1, 0.15) is 33.6 Å². The molecule has 26 heavy (non-hydrogen) atoms. The van der Waals surface area contributed by atoms with E-state index in [0.717, 1.165) is 36.8 Å². The van der Waals surface area contributed by atoms with Gasteiger partial charge in [-0.05, 0) is 45.7 Å². The third kappa shape index (κ3) is 3.00. The number of rotatable bonds is 2. The van der Waals surface area contributed by atoms with E-state index in [1.807, 2.05) is 40.0 Å². The zero-order valence-electron chi connectivity index (χ0n) is 15.6. The van der Waals surface area contributed by atoms with Crippen LogP contribution >= 0.6 is 11.6 Å². The molecule has 1 aromatic heterocycles. The van der Waals surface area contributed by atoms with Crippen molar-refractivity contribution in [2.75, 3.05) is 13.1 Å². The zero-order chi connectivity index (χ0) is 18.7. The maximum atomic E-state index is 12.1. The van der Waals surface area contributed by atoms with Crippen molar-refractivity contribution in [3.05, 3.63) is 23.4 Å². The fourth-order valence-electron chi connectivity index (χ4n) is 3.94. The lowest BCUT2D eigenvalue weighted by molar-refractivity contribution is -0.116. The Morgan fingerprint density at radius 2 is 2.00 bits per heavy atom. The van der Waals surface area contributed by atoms with Gasteiger partial charge in [0, 0.05) is 30.9 Å². The van der Waals surface area contributed by atoms with Gasteiger partial charge in [0.05, 0.1) is 11.7 Å². The summed E-state index contributed by atoms with van der Waals surface area (Å²) in [6, 6.07) is 3.89. The Labute approximate surface area is 158 Å². The number of fused-ring (bicyclic) bond motifs is 1. The molecular formula is C19H24ClN3O3. The van der Waals surface area contributed by atoms with Crippen LogP contribution in [-0.4, -0.2) is 45.6 Å². The number of halogens is 1. The molecule has 1 aliphatic heterocycles. The molecule has 6 nitrogen and oxygen atoms in total. The van der Waals surface area contributed by atoms with Gasteiger partial charge in [0.25, 0.3) is 0 Å². The Bertz CT molecular complexity index is 857. The number of amides is 1. The Kier molecular flexibility index (Phi) is 3.88. The maximum absolute atomic E-state index is 12.1. The summed E-state index contributed by atoms with van der Waals surface area (Å²) in [5.41, 5.74) is 0.620. The Balaban J connectivity index is 1.33. The third-order valence-corrected chi connectivity index (χ3v) is 5.49. The fraction of sp³-hybridized carbons (Fsp3) is 0.579. The van der Waals surface area contributed by atoms with E-state index in [9.17, 15) is 4.79 Å². The van der Waals surface area contributed by atoms with Gasteiger partial charge in [-0.2, -0.15) is 5.10 Å². The van der Waals surface area contributed by atoms with E-state index in [0.29, 0.717) is 10.8 Å². The van der Waals surface area contributed by atoms with Gasteiger partial charge in [-0.3, -0.25) is 4.68 Å². The van der Waals surface area contributed by atoms with Crippen LogP contribution in [0.5, 0.6) is 5.75 Å². The second-order valence-electron chi connectivity index (χ2n) is 8.57. The van der Waals surface area contributed by atoms with E-state index in [2.05, 4.69) is 5.10 Å². The summed E-state index contributed by atoms with van der Waals surface area (Å²) in [5, 5.41) is 5.84. The minimum absolute atomic E-state index is 0.138. The molecule has 1 saturated heterocycles. The lowest BCUT2D eigenvalue weighted by atomic mass is 9.62. The van der Waals surface area contributed by atoms with E-state index < -0.39 is 5.60 Å². The molecule has 1 aliphatic carbocycles. The summed E-state index contributed by atoms with van der Waals surface area (Å²) < 4.78 is 13.3. The molecule has 0 bridgehead atoms. The van der Waals surface area contributed by atoms with Gasteiger partial charge >= 0.3 is 6.09 Å². The van der Waals surface area contributed by atoms with E-state index in [-0.39, 0.29) is 17.6 Å². The molecule has 1 saturated carbocycles. The van der Waals surface area contributed by atoms with Crippen molar-refractivity contribution < 1.29 is 14.3 Å². The van der Waals surface area contributed by atoms with Crippen molar-refractivity contribution in [2.24, 2.45) is 12.5 Å². The van der Waals surface area contributed by atoms with E-state index in [4.69, 9.17) is 21.1 Å². The first-order valence-electron chi connectivity index (χ1n) is 8.91. The van der Waals surface area contributed by atoms with E-state index >= 15 is 0 Å². The number of aryl methyl sites for hydroxylation is 1. The van der Waals surface area contributed by atoms with Gasteiger partial charge in [-0.25, -0.2) is 4.79 Å². The smallest absolute Gasteiger partial charge is 0.410 e. The van der Waals surface area contributed by atoms with Gasteiger partial charge in [-0.15, -0.1) is 0 Å². The van der Waals surface area contributed by atoms with Crippen LogP contribution < -0.4 is 4.74 Å². The molecule has 0 N–H and O–H groups in total. The van der Waals surface area contributed by atoms with Gasteiger partial charge in [0.2, 0.25) is 0 Å². The second kappa shape index (κ2) is 5.78. The van der Waals surface area contributed by atoms with Crippen molar-refractivity contribution in [1.82, 2.24) is 14.7 Å². The average molecular weight is 378 g/mol. The van der Waals surface area contributed by atoms with Crippen molar-refractivity contribution >= 4 is 28.6 Å². The quantitative estimate of drug-likeness (QED) is 0.793. The predicted octanol–water partition coefficient (Wildman–Crippen LogP) is 4.01. The van der Waals surface area contributed by atoms with Crippen molar-refractivity contribution in [1.29, 1.82) is 0 Å². The summed E-state index contributed by atoms with van der Waals surface area (Å²) in [7, 11) is 1.87. The number of nitrogens with zero attached hydrogens (tertiary/aromatic N) is 3. The first-order chi connectivity index (χ1) is 12.2. The first-order valence-corrected chi connectivity index (χ1v) is 9.28. The standard InChI is InChI=1S/C19H24ClN3O3/c1-18(2,3)26-17(24)23-10-19(11-23)7-13(8-19)25-14-6-5-12-9-21-22(4)16(12)15(14)20/h5-6,9,13H,7-8,10-11H2,1-4H3. The Hall–Kier alpha value is -1.95. The van der Waals surface area contributed by atoms with E-state index in [1.165, 1.54) is 0 Å². The molecule has 0 atom stereocenters. The molecule has 7 heteroatoms. The number of benzene rings is 1.